The maximum Gasteiger partial charge on any atom is 0.134 e. The van der Waals surface area contributed by atoms with Gasteiger partial charge in [0.25, 0.3) is 0 Å². The number of fused-ring (bicyclic) bond motifs is 1. The smallest absolute Gasteiger partial charge is 0.134 e. The number of anilines is 1. The summed E-state index contributed by atoms with van der Waals surface area (Å²) in [5.41, 5.74) is 2.48. The van der Waals surface area contributed by atoms with Crippen molar-refractivity contribution in [2.45, 2.75) is 52.0 Å². The first-order valence-electron chi connectivity index (χ1n) is 7.19. The number of hydrogen-bond acceptors (Lipinski definition) is 3. The Balaban J connectivity index is 2.57. The summed E-state index contributed by atoms with van der Waals surface area (Å²) in [6.07, 6.45) is 3.21. The SMILES string of the molecule is CCCN1c2cc(F)c(C=NO)cc2C(C)CC1(C)C. The predicted octanol–water partition coefficient (Wildman–Crippen LogP) is 4.14. The van der Waals surface area contributed by atoms with Gasteiger partial charge >= 0.3 is 0 Å². The normalized spacial score (nSPS) is 21.2. The first kappa shape index (κ1) is 14.8. The van der Waals surface area contributed by atoms with Crippen LogP contribution in [0.1, 0.15) is 57.6 Å². The fourth-order valence-electron chi connectivity index (χ4n) is 3.33. The molecule has 1 heterocycles. The highest BCUT2D eigenvalue weighted by molar-refractivity contribution is 5.81. The molecule has 20 heavy (non-hydrogen) atoms. The monoisotopic (exact) mass is 278 g/mol. The van der Waals surface area contributed by atoms with E-state index in [1.165, 1.54) is 0 Å². The second-order valence-corrected chi connectivity index (χ2v) is 6.25. The molecule has 1 N–H and O–H groups in total. The summed E-state index contributed by atoms with van der Waals surface area (Å²) in [5.74, 6) is 0.0205. The van der Waals surface area contributed by atoms with E-state index in [2.05, 4.69) is 37.8 Å². The highest BCUT2D eigenvalue weighted by Crippen LogP contribution is 2.44. The molecule has 0 bridgehead atoms. The highest BCUT2D eigenvalue weighted by atomic mass is 19.1. The Hall–Kier alpha value is -1.58. The summed E-state index contributed by atoms with van der Waals surface area (Å²) in [6, 6.07) is 3.40. The minimum absolute atomic E-state index is 0.0292. The second-order valence-electron chi connectivity index (χ2n) is 6.25. The van der Waals surface area contributed by atoms with E-state index in [-0.39, 0.29) is 11.4 Å². The van der Waals surface area contributed by atoms with Crippen molar-refractivity contribution >= 4 is 11.9 Å². The number of nitrogens with zero attached hydrogens (tertiary/aromatic N) is 2. The van der Waals surface area contributed by atoms with Crippen molar-refractivity contribution in [1.29, 1.82) is 0 Å². The van der Waals surface area contributed by atoms with Crippen LogP contribution in [0.2, 0.25) is 0 Å². The van der Waals surface area contributed by atoms with Gasteiger partial charge in [0, 0.05) is 23.3 Å². The van der Waals surface area contributed by atoms with E-state index >= 15 is 0 Å². The van der Waals surface area contributed by atoms with Crippen molar-refractivity contribution in [2.75, 3.05) is 11.4 Å². The molecule has 1 aliphatic rings. The van der Waals surface area contributed by atoms with Crippen molar-refractivity contribution in [3.63, 3.8) is 0 Å². The fraction of sp³-hybridized carbons (Fsp3) is 0.562. The third-order valence-corrected chi connectivity index (χ3v) is 4.15. The average molecular weight is 278 g/mol. The van der Waals surface area contributed by atoms with E-state index in [9.17, 15) is 4.39 Å². The van der Waals surface area contributed by atoms with Gasteiger partial charge in [-0.25, -0.2) is 4.39 Å². The van der Waals surface area contributed by atoms with E-state index < -0.39 is 0 Å². The number of hydrogen-bond donors (Lipinski definition) is 1. The molecule has 1 atom stereocenters. The molecule has 0 spiro atoms. The summed E-state index contributed by atoms with van der Waals surface area (Å²) in [4.78, 5) is 2.30. The van der Waals surface area contributed by atoms with E-state index in [1.807, 2.05) is 6.07 Å². The Morgan fingerprint density at radius 3 is 2.80 bits per heavy atom. The summed E-state index contributed by atoms with van der Waals surface area (Å²) >= 11 is 0. The third-order valence-electron chi connectivity index (χ3n) is 4.15. The Bertz CT molecular complexity index is 525. The molecule has 0 aromatic heterocycles. The second kappa shape index (κ2) is 5.43. The van der Waals surface area contributed by atoms with Gasteiger partial charge in [-0.3, -0.25) is 0 Å². The Labute approximate surface area is 120 Å². The maximum absolute atomic E-state index is 14.1. The molecule has 0 aliphatic carbocycles. The molecule has 4 heteroatoms. The Kier molecular flexibility index (Phi) is 4.02. The zero-order valence-electron chi connectivity index (χ0n) is 12.7. The highest BCUT2D eigenvalue weighted by Gasteiger charge is 2.36. The molecule has 0 saturated carbocycles. The molecule has 0 amide bonds. The van der Waals surface area contributed by atoms with Crippen LogP contribution in [0.15, 0.2) is 17.3 Å². The molecular formula is C16H23FN2O. The molecule has 1 aromatic rings. The van der Waals surface area contributed by atoms with Crippen LogP contribution in [0.3, 0.4) is 0 Å². The lowest BCUT2D eigenvalue weighted by atomic mass is 9.79. The molecule has 0 fully saturated rings. The molecule has 2 rings (SSSR count). The van der Waals surface area contributed by atoms with Gasteiger partial charge in [0.2, 0.25) is 0 Å². The molecule has 1 aromatic carbocycles. The van der Waals surface area contributed by atoms with Crippen molar-refractivity contribution < 1.29 is 9.60 Å². The summed E-state index contributed by atoms with van der Waals surface area (Å²) in [7, 11) is 0. The zero-order valence-corrected chi connectivity index (χ0v) is 12.7. The van der Waals surface area contributed by atoms with Crippen molar-refractivity contribution in [1.82, 2.24) is 0 Å². The standard InChI is InChI=1S/C16H23FN2O/c1-5-6-19-15-8-14(17)12(10-18-20)7-13(15)11(2)9-16(19,3)4/h7-8,10-11,20H,5-6,9H2,1-4H3. The van der Waals surface area contributed by atoms with Gasteiger partial charge in [0.15, 0.2) is 0 Å². The average Bonchev–Trinajstić information content (AvgIpc) is 2.36. The number of benzene rings is 1. The third kappa shape index (κ3) is 2.51. The molecule has 110 valence electrons. The maximum atomic E-state index is 14.1. The van der Waals surface area contributed by atoms with Gasteiger partial charge in [-0.05, 0) is 50.3 Å². The summed E-state index contributed by atoms with van der Waals surface area (Å²) < 4.78 is 14.1. The van der Waals surface area contributed by atoms with Crippen molar-refractivity contribution in [3.05, 3.63) is 29.1 Å². The van der Waals surface area contributed by atoms with Crippen LogP contribution in [-0.4, -0.2) is 23.5 Å². The zero-order chi connectivity index (χ0) is 14.9. The van der Waals surface area contributed by atoms with Crippen LogP contribution in [0.25, 0.3) is 0 Å². The van der Waals surface area contributed by atoms with Crippen LogP contribution < -0.4 is 4.90 Å². The first-order chi connectivity index (χ1) is 9.40. The quantitative estimate of drug-likeness (QED) is 0.512. The van der Waals surface area contributed by atoms with Gasteiger partial charge in [0.05, 0.1) is 6.21 Å². The summed E-state index contributed by atoms with van der Waals surface area (Å²) in [5, 5.41) is 11.6. The molecule has 0 radical (unpaired) electrons. The van der Waals surface area contributed by atoms with E-state index in [0.717, 1.165) is 36.9 Å². The van der Waals surface area contributed by atoms with Crippen molar-refractivity contribution in [2.24, 2.45) is 5.16 Å². The summed E-state index contributed by atoms with van der Waals surface area (Å²) in [6.45, 7) is 9.64. The number of halogens is 1. The molecule has 0 saturated heterocycles. The fourth-order valence-corrected chi connectivity index (χ4v) is 3.33. The van der Waals surface area contributed by atoms with Crippen LogP contribution in [0.5, 0.6) is 0 Å². The first-order valence-corrected chi connectivity index (χ1v) is 7.19. The molecule has 1 aliphatic heterocycles. The van der Waals surface area contributed by atoms with Gasteiger partial charge < -0.3 is 10.1 Å². The number of oxime groups is 1. The predicted molar refractivity (Wildman–Crippen MR) is 80.5 cm³/mol. The lowest BCUT2D eigenvalue weighted by Gasteiger charge is -2.47. The molecular weight excluding hydrogens is 255 g/mol. The van der Waals surface area contributed by atoms with Gasteiger partial charge in [0.1, 0.15) is 5.82 Å². The minimum Gasteiger partial charge on any atom is -0.411 e. The van der Waals surface area contributed by atoms with Crippen LogP contribution >= 0.6 is 0 Å². The van der Waals surface area contributed by atoms with E-state index in [1.54, 1.807) is 6.07 Å². The number of rotatable bonds is 3. The topological polar surface area (TPSA) is 35.8 Å². The van der Waals surface area contributed by atoms with Crippen molar-refractivity contribution in [3.8, 4) is 0 Å². The van der Waals surface area contributed by atoms with Crippen LogP contribution in [0, 0.1) is 5.82 Å². The Morgan fingerprint density at radius 2 is 2.20 bits per heavy atom. The molecule has 3 nitrogen and oxygen atoms in total. The minimum atomic E-state index is -0.340. The Morgan fingerprint density at radius 1 is 1.50 bits per heavy atom. The lowest BCUT2D eigenvalue weighted by molar-refractivity contribution is 0.321. The molecule has 1 unspecified atom stereocenters. The lowest BCUT2D eigenvalue weighted by Crippen LogP contribution is -2.48. The van der Waals surface area contributed by atoms with Gasteiger partial charge in [-0.2, -0.15) is 0 Å². The van der Waals surface area contributed by atoms with Crippen LogP contribution in [0.4, 0.5) is 10.1 Å². The largest absolute Gasteiger partial charge is 0.411 e. The van der Waals surface area contributed by atoms with Crippen LogP contribution in [-0.2, 0) is 0 Å². The van der Waals surface area contributed by atoms with Gasteiger partial charge in [-0.1, -0.05) is 19.0 Å². The van der Waals surface area contributed by atoms with E-state index in [4.69, 9.17) is 5.21 Å². The van der Waals surface area contributed by atoms with E-state index in [0.29, 0.717) is 11.5 Å². The van der Waals surface area contributed by atoms with Gasteiger partial charge in [-0.15, -0.1) is 0 Å².